The first-order chi connectivity index (χ1) is 8.99. The highest BCUT2D eigenvalue weighted by Gasteiger charge is 2.06. The first-order valence-electron chi connectivity index (χ1n) is 6.45. The Hall–Kier alpha value is -1.26. The minimum absolute atomic E-state index is 0.154. The second kappa shape index (κ2) is 8.02. The van der Waals surface area contributed by atoms with Crippen LogP contribution in [0.15, 0.2) is 18.2 Å². The average Bonchev–Trinajstić information content (AvgIpc) is 2.31. The van der Waals surface area contributed by atoms with Crippen molar-refractivity contribution < 1.29 is 9.53 Å². The van der Waals surface area contributed by atoms with Gasteiger partial charge in [0.2, 0.25) is 0 Å². The molecule has 0 saturated heterocycles. The topological polar surface area (TPSA) is 64.3 Å². The van der Waals surface area contributed by atoms with Crippen LogP contribution in [0.4, 0.5) is 5.69 Å². The van der Waals surface area contributed by atoms with E-state index in [4.69, 9.17) is 22.1 Å². The zero-order valence-corrected chi connectivity index (χ0v) is 12.2. The zero-order chi connectivity index (χ0) is 14.3. The van der Waals surface area contributed by atoms with Crippen molar-refractivity contribution in [3.63, 3.8) is 0 Å². The van der Waals surface area contributed by atoms with E-state index in [1.165, 1.54) is 0 Å². The predicted molar refractivity (Wildman–Crippen MR) is 78.5 cm³/mol. The Morgan fingerprint density at radius 3 is 2.74 bits per heavy atom. The molecule has 0 atom stereocenters. The van der Waals surface area contributed by atoms with Crippen LogP contribution in [0.25, 0.3) is 0 Å². The van der Waals surface area contributed by atoms with E-state index in [0.717, 1.165) is 19.4 Å². The van der Waals surface area contributed by atoms with Gasteiger partial charge in [0, 0.05) is 29.4 Å². The lowest BCUT2D eigenvalue weighted by Gasteiger charge is -2.08. The Morgan fingerprint density at radius 2 is 2.11 bits per heavy atom. The van der Waals surface area contributed by atoms with Gasteiger partial charge in [-0.25, -0.2) is 0 Å². The quantitative estimate of drug-likeness (QED) is 0.598. The van der Waals surface area contributed by atoms with Crippen LogP contribution in [0, 0.1) is 0 Å². The van der Waals surface area contributed by atoms with Gasteiger partial charge in [0.1, 0.15) is 0 Å². The van der Waals surface area contributed by atoms with E-state index in [1.54, 1.807) is 18.2 Å². The molecule has 0 aliphatic heterocycles. The molecule has 5 heteroatoms. The highest BCUT2D eigenvalue weighted by Crippen LogP contribution is 2.16. The zero-order valence-electron chi connectivity index (χ0n) is 11.4. The van der Waals surface area contributed by atoms with Crippen molar-refractivity contribution in [2.24, 2.45) is 0 Å². The number of carbonyl (C=O) groups is 1. The number of halogens is 1. The molecule has 0 unspecified atom stereocenters. The molecule has 106 valence electrons. The monoisotopic (exact) mass is 284 g/mol. The summed E-state index contributed by atoms with van der Waals surface area (Å²) in [4.78, 5) is 11.8. The number of nitrogen functional groups attached to an aromatic ring is 1. The van der Waals surface area contributed by atoms with Gasteiger partial charge in [0.05, 0.1) is 6.10 Å². The van der Waals surface area contributed by atoms with Gasteiger partial charge in [-0.2, -0.15) is 0 Å². The molecule has 0 radical (unpaired) electrons. The normalized spacial score (nSPS) is 10.7. The summed E-state index contributed by atoms with van der Waals surface area (Å²) >= 11 is 5.85. The van der Waals surface area contributed by atoms with Gasteiger partial charge in [0.15, 0.2) is 0 Å². The summed E-state index contributed by atoms with van der Waals surface area (Å²) in [5, 5.41) is 3.30. The Balaban J connectivity index is 2.27. The van der Waals surface area contributed by atoms with Crippen molar-refractivity contribution in [1.82, 2.24) is 5.32 Å². The molecule has 0 aromatic heterocycles. The van der Waals surface area contributed by atoms with Crippen LogP contribution in [0.2, 0.25) is 5.02 Å². The number of nitrogens with two attached hydrogens (primary N) is 1. The van der Waals surface area contributed by atoms with E-state index in [2.05, 4.69) is 5.32 Å². The van der Waals surface area contributed by atoms with Crippen molar-refractivity contribution in [2.45, 2.75) is 32.8 Å². The molecular formula is C14H21ClN2O2. The molecule has 0 spiro atoms. The largest absolute Gasteiger partial charge is 0.399 e. The SMILES string of the molecule is CC(C)OCCCCNC(=O)c1cc(N)cc(Cl)c1. The molecule has 0 bridgehead atoms. The number of unbranched alkanes of at least 4 members (excludes halogenated alkanes) is 1. The summed E-state index contributed by atoms with van der Waals surface area (Å²) in [6.07, 6.45) is 2.06. The Labute approximate surface area is 119 Å². The maximum absolute atomic E-state index is 11.8. The third kappa shape index (κ3) is 6.45. The van der Waals surface area contributed by atoms with Gasteiger partial charge >= 0.3 is 0 Å². The second-order valence-corrected chi connectivity index (χ2v) is 5.09. The molecule has 1 rings (SSSR count). The minimum atomic E-state index is -0.154. The van der Waals surface area contributed by atoms with Crippen LogP contribution in [-0.2, 0) is 4.74 Å². The molecule has 1 aromatic carbocycles. The van der Waals surface area contributed by atoms with Crippen molar-refractivity contribution in [3.05, 3.63) is 28.8 Å². The number of hydrogen-bond donors (Lipinski definition) is 2. The van der Waals surface area contributed by atoms with Gasteiger partial charge in [0.25, 0.3) is 5.91 Å². The summed E-state index contributed by atoms with van der Waals surface area (Å²) < 4.78 is 5.42. The standard InChI is InChI=1S/C14H21ClN2O2/c1-10(2)19-6-4-3-5-17-14(18)11-7-12(15)9-13(16)8-11/h7-10H,3-6,16H2,1-2H3,(H,17,18). The lowest BCUT2D eigenvalue weighted by Crippen LogP contribution is -2.24. The molecule has 0 heterocycles. The van der Waals surface area contributed by atoms with Crippen molar-refractivity contribution in [3.8, 4) is 0 Å². The van der Waals surface area contributed by atoms with Crippen molar-refractivity contribution in [1.29, 1.82) is 0 Å². The Morgan fingerprint density at radius 1 is 1.37 bits per heavy atom. The fourth-order valence-electron chi connectivity index (χ4n) is 1.59. The summed E-state index contributed by atoms with van der Waals surface area (Å²) in [6, 6.07) is 4.83. The van der Waals surface area contributed by atoms with Gasteiger partial charge in [-0.05, 0) is 44.9 Å². The van der Waals surface area contributed by atoms with E-state index in [0.29, 0.717) is 22.8 Å². The molecule has 1 aromatic rings. The van der Waals surface area contributed by atoms with Crippen molar-refractivity contribution in [2.75, 3.05) is 18.9 Å². The summed E-state index contributed by atoms with van der Waals surface area (Å²) in [5.74, 6) is -0.154. The second-order valence-electron chi connectivity index (χ2n) is 4.66. The van der Waals surface area contributed by atoms with Gasteiger partial charge < -0.3 is 15.8 Å². The highest BCUT2D eigenvalue weighted by atomic mass is 35.5. The fraction of sp³-hybridized carbons (Fsp3) is 0.500. The number of anilines is 1. The lowest BCUT2D eigenvalue weighted by molar-refractivity contribution is 0.0754. The first-order valence-corrected chi connectivity index (χ1v) is 6.82. The summed E-state index contributed by atoms with van der Waals surface area (Å²) in [6.45, 7) is 5.35. The smallest absolute Gasteiger partial charge is 0.251 e. The summed E-state index contributed by atoms with van der Waals surface area (Å²) in [5.41, 5.74) is 6.62. The molecule has 3 N–H and O–H groups in total. The number of nitrogens with one attached hydrogen (secondary N) is 1. The molecule has 0 aliphatic rings. The van der Waals surface area contributed by atoms with Gasteiger partial charge in [-0.15, -0.1) is 0 Å². The molecule has 0 saturated carbocycles. The van der Waals surface area contributed by atoms with E-state index in [9.17, 15) is 4.79 Å². The summed E-state index contributed by atoms with van der Waals surface area (Å²) in [7, 11) is 0. The number of rotatable bonds is 7. The Bertz CT molecular complexity index is 402. The molecule has 0 fully saturated rings. The Kier molecular flexibility index (Phi) is 6.67. The number of carbonyl (C=O) groups excluding carboxylic acids is 1. The fourth-order valence-corrected chi connectivity index (χ4v) is 1.84. The van der Waals surface area contributed by atoms with Crippen LogP contribution < -0.4 is 11.1 Å². The number of ether oxygens (including phenoxy) is 1. The van der Waals surface area contributed by atoms with Crippen LogP contribution in [0.1, 0.15) is 37.0 Å². The van der Waals surface area contributed by atoms with Crippen molar-refractivity contribution >= 4 is 23.2 Å². The number of hydrogen-bond acceptors (Lipinski definition) is 3. The van der Waals surface area contributed by atoms with Gasteiger partial charge in [-0.1, -0.05) is 11.6 Å². The highest BCUT2D eigenvalue weighted by molar-refractivity contribution is 6.31. The first kappa shape index (κ1) is 15.8. The van der Waals surface area contributed by atoms with E-state index in [1.807, 2.05) is 13.8 Å². The van der Waals surface area contributed by atoms with E-state index in [-0.39, 0.29) is 12.0 Å². The molecule has 0 aliphatic carbocycles. The third-order valence-corrected chi connectivity index (χ3v) is 2.71. The van der Waals surface area contributed by atoms with Crippen LogP contribution in [0.3, 0.4) is 0 Å². The van der Waals surface area contributed by atoms with Crippen LogP contribution in [0.5, 0.6) is 0 Å². The number of amides is 1. The molecule has 19 heavy (non-hydrogen) atoms. The lowest BCUT2D eigenvalue weighted by atomic mass is 10.2. The number of benzene rings is 1. The van der Waals surface area contributed by atoms with Crippen LogP contribution >= 0.6 is 11.6 Å². The minimum Gasteiger partial charge on any atom is -0.399 e. The maximum atomic E-state index is 11.8. The average molecular weight is 285 g/mol. The van der Waals surface area contributed by atoms with E-state index < -0.39 is 0 Å². The maximum Gasteiger partial charge on any atom is 0.251 e. The predicted octanol–water partition coefficient (Wildman–Crippen LogP) is 2.86. The third-order valence-electron chi connectivity index (χ3n) is 2.49. The van der Waals surface area contributed by atoms with Gasteiger partial charge in [-0.3, -0.25) is 4.79 Å². The van der Waals surface area contributed by atoms with E-state index >= 15 is 0 Å². The van der Waals surface area contributed by atoms with Crippen LogP contribution in [-0.4, -0.2) is 25.2 Å². The molecule has 1 amide bonds. The molecule has 4 nitrogen and oxygen atoms in total. The molecular weight excluding hydrogens is 264 g/mol.